The van der Waals surface area contributed by atoms with Gasteiger partial charge in [0, 0.05) is 44.3 Å². The van der Waals surface area contributed by atoms with Gasteiger partial charge in [0.1, 0.15) is 0 Å². The monoisotopic (exact) mass is 396 g/mol. The van der Waals surface area contributed by atoms with Crippen molar-refractivity contribution >= 4 is 17.5 Å². The molecule has 7 heteroatoms. The average Bonchev–Trinajstić information content (AvgIpc) is 2.78. The van der Waals surface area contributed by atoms with Crippen molar-refractivity contribution in [2.24, 2.45) is 5.41 Å². The lowest BCUT2D eigenvalue weighted by molar-refractivity contribution is -0.136. The highest BCUT2D eigenvalue weighted by Gasteiger charge is 2.39. The van der Waals surface area contributed by atoms with Crippen LogP contribution in [0.4, 0.5) is 5.69 Å². The smallest absolute Gasteiger partial charge is 0.258 e. The molecule has 2 heterocycles. The molecular formula is C22H28N4O3. The first kappa shape index (κ1) is 21.0. The number of benzene rings is 1. The van der Waals surface area contributed by atoms with Gasteiger partial charge in [-0.3, -0.25) is 14.6 Å². The molecule has 1 aliphatic heterocycles. The van der Waals surface area contributed by atoms with E-state index in [2.05, 4.69) is 15.6 Å². The summed E-state index contributed by atoms with van der Waals surface area (Å²) in [6.45, 7) is 2.52. The summed E-state index contributed by atoms with van der Waals surface area (Å²) < 4.78 is 5.33. The zero-order chi connectivity index (χ0) is 20.7. The molecule has 0 bridgehead atoms. The standard InChI is InChI=1S/C22H28N4O3/c1-26(20(27)18-7-11-23-12-8-18)19-5-3-17(4-6-19)15-25-21(28)22(16-29-2)9-13-24-14-10-22/h3-8,11-12,24H,9-10,13-16H2,1-2H3,(H,25,28). The van der Waals surface area contributed by atoms with Crippen LogP contribution in [0.5, 0.6) is 0 Å². The fourth-order valence-electron chi connectivity index (χ4n) is 3.63. The number of nitrogens with one attached hydrogen (secondary N) is 2. The van der Waals surface area contributed by atoms with Crippen molar-refractivity contribution in [1.82, 2.24) is 15.6 Å². The summed E-state index contributed by atoms with van der Waals surface area (Å²) >= 11 is 0. The van der Waals surface area contributed by atoms with Gasteiger partial charge in [-0.1, -0.05) is 12.1 Å². The molecule has 1 aliphatic rings. The molecule has 0 saturated carbocycles. The Bertz CT molecular complexity index is 812. The third kappa shape index (κ3) is 4.99. The lowest BCUT2D eigenvalue weighted by Gasteiger charge is -2.35. The number of ether oxygens (including phenoxy) is 1. The maximum atomic E-state index is 12.8. The van der Waals surface area contributed by atoms with Gasteiger partial charge in [-0.15, -0.1) is 0 Å². The Labute approximate surface area is 171 Å². The van der Waals surface area contributed by atoms with Crippen molar-refractivity contribution < 1.29 is 14.3 Å². The first-order valence-corrected chi connectivity index (χ1v) is 9.81. The second-order valence-electron chi connectivity index (χ2n) is 7.41. The Morgan fingerprint density at radius 3 is 2.41 bits per heavy atom. The highest BCUT2D eigenvalue weighted by atomic mass is 16.5. The van der Waals surface area contributed by atoms with E-state index in [1.165, 1.54) is 0 Å². The molecule has 1 fully saturated rings. The molecule has 0 aliphatic carbocycles. The van der Waals surface area contributed by atoms with Gasteiger partial charge in [0.25, 0.3) is 5.91 Å². The first-order valence-electron chi connectivity index (χ1n) is 9.81. The fourth-order valence-corrected chi connectivity index (χ4v) is 3.63. The lowest BCUT2D eigenvalue weighted by Crippen LogP contribution is -2.49. The highest BCUT2D eigenvalue weighted by Crippen LogP contribution is 2.29. The van der Waals surface area contributed by atoms with E-state index in [4.69, 9.17) is 4.74 Å². The first-order chi connectivity index (χ1) is 14.1. The van der Waals surface area contributed by atoms with Crippen LogP contribution >= 0.6 is 0 Å². The van der Waals surface area contributed by atoms with Crippen molar-refractivity contribution in [3.05, 3.63) is 59.9 Å². The molecule has 7 nitrogen and oxygen atoms in total. The van der Waals surface area contributed by atoms with Gasteiger partial charge in [0.15, 0.2) is 0 Å². The number of rotatable bonds is 7. The van der Waals surface area contributed by atoms with E-state index in [0.717, 1.165) is 37.2 Å². The minimum absolute atomic E-state index is 0.0370. The third-order valence-corrected chi connectivity index (χ3v) is 5.47. The van der Waals surface area contributed by atoms with Gasteiger partial charge in [0.05, 0.1) is 12.0 Å². The van der Waals surface area contributed by atoms with E-state index < -0.39 is 5.41 Å². The van der Waals surface area contributed by atoms with Crippen LogP contribution in [0.1, 0.15) is 28.8 Å². The zero-order valence-electron chi connectivity index (χ0n) is 17.0. The van der Waals surface area contributed by atoms with E-state index in [-0.39, 0.29) is 11.8 Å². The van der Waals surface area contributed by atoms with E-state index in [1.54, 1.807) is 43.6 Å². The highest BCUT2D eigenvalue weighted by molar-refractivity contribution is 6.05. The second-order valence-corrected chi connectivity index (χ2v) is 7.41. The number of carbonyl (C=O) groups excluding carboxylic acids is 2. The molecule has 0 atom stereocenters. The maximum absolute atomic E-state index is 12.8. The molecule has 29 heavy (non-hydrogen) atoms. The average molecular weight is 396 g/mol. The molecule has 0 unspecified atom stereocenters. The Balaban J connectivity index is 1.60. The number of carbonyl (C=O) groups is 2. The van der Waals surface area contributed by atoms with Crippen molar-refractivity contribution in [1.29, 1.82) is 0 Å². The van der Waals surface area contributed by atoms with Crippen LogP contribution in [-0.2, 0) is 16.1 Å². The predicted octanol–water partition coefficient (Wildman–Crippen LogP) is 1.99. The number of hydrogen-bond acceptors (Lipinski definition) is 5. The van der Waals surface area contributed by atoms with Crippen LogP contribution in [0.2, 0.25) is 0 Å². The quantitative estimate of drug-likeness (QED) is 0.748. The number of pyridine rings is 1. The molecular weight excluding hydrogens is 368 g/mol. The summed E-state index contributed by atoms with van der Waals surface area (Å²) in [6.07, 6.45) is 4.75. The van der Waals surface area contributed by atoms with Crippen LogP contribution in [0.15, 0.2) is 48.8 Å². The molecule has 1 aromatic heterocycles. The molecule has 2 amide bonds. The van der Waals surface area contributed by atoms with Crippen LogP contribution in [0.3, 0.4) is 0 Å². The molecule has 154 valence electrons. The van der Waals surface area contributed by atoms with Crippen molar-refractivity contribution in [3.8, 4) is 0 Å². The minimum atomic E-state index is -0.461. The number of hydrogen-bond donors (Lipinski definition) is 2. The van der Waals surface area contributed by atoms with E-state index in [1.807, 2.05) is 24.3 Å². The van der Waals surface area contributed by atoms with E-state index in [0.29, 0.717) is 18.7 Å². The van der Waals surface area contributed by atoms with E-state index >= 15 is 0 Å². The number of piperidine rings is 1. The van der Waals surface area contributed by atoms with Crippen LogP contribution in [0, 0.1) is 5.41 Å². The number of anilines is 1. The molecule has 3 rings (SSSR count). The zero-order valence-corrected chi connectivity index (χ0v) is 17.0. The topological polar surface area (TPSA) is 83.6 Å². The normalized spacial score (nSPS) is 15.5. The van der Waals surface area contributed by atoms with Gasteiger partial charge in [-0.05, 0) is 55.8 Å². The van der Waals surface area contributed by atoms with Crippen molar-refractivity contribution in [3.63, 3.8) is 0 Å². The van der Waals surface area contributed by atoms with Gasteiger partial charge < -0.3 is 20.3 Å². The summed E-state index contributed by atoms with van der Waals surface area (Å²) in [7, 11) is 3.38. The summed E-state index contributed by atoms with van der Waals surface area (Å²) in [5.41, 5.74) is 1.89. The number of amides is 2. The molecule has 2 aromatic rings. The van der Waals surface area contributed by atoms with Gasteiger partial charge in [-0.25, -0.2) is 0 Å². The molecule has 1 saturated heterocycles. The maximum Gasteiger partial charge on any atom is 0.258 e. The van der Waals surface area contributed by atoms with Crippen LogP contribution in [0.25, 0.3) is 0 Å². The van der Waals surface area contributed by atoms with Crippen LogP contribution in [-0.4, -0.2) is 50.7 Å². The largest absolute Gasteiger partial charge is 0.384 e. The lowest BCUT2D eigenvalue weighted by atomic mass is 9.78. The Morgan fingerprint density at radius 1 is 1.14 bits per heavy atom. The Hall–Kier alpha value is -2.77. The van der Waals surface area contributed by atoms with Crippen molar-refractivity contribution in [2.75, 3.05) is 38.8 Å². The van der Waals surface area contributed by atoms with Gasteiger partial charge >= 0.3 is 0 Å². The molecule has 0 spiro atoms. The van der Waals surface area contributed by atoms with Crippen molar-refractivity contribution in [2.45, 2.75) is 19.4 Å². The summed E-state index contributed by atoms with van der Waals surface area (Å²) in [6, 6.07) is 11.0. The third-order valence-electron chi connectivity index (χ3n) is 5.47. The molecule has 1 aromatic carbocycles. The number of aromatic nitrogens is 1. The summed E-state index contributed by atoms with van der Waals surface area (Å²) in [4.78, 5) is 30.9. The van der Waals surface area contributed by atoms with Gasteiger partial charge in [0.2, 0.25) is 5.91 Å². The SMILES string of the molecule is COCC1(C(=O)NCc2ccc(N(C)C(=O)c3ccncc3)cc2)CCNCC1. The fraction of sp³-hybridized carbons (Fsp3) is 0.409. The van der Waals surface area contributed by atoms with Gasteiger partial charge in [-0.2, -0.15) is 0 Å². The summed E-state index contributed by atoms with van der Waals surface area (Å²) in [5, 5.41) is 6.35. The second kappa shape index (κ2) is 9.62. The molecule has 0 radical (unpaired) electrons. The minimum Gasteiger partial charge on any atom is -0.384 e. The predicted molar refractivity (Wildman–Crippen MR) is 112 cm³/mol. The van der Waals surface area contributed by atoms with E-state index in [9.17, 15) is 9.59 Å². The molecule has 2 N–H and O–H groups in total. The Kier molecular flexibility index (Phi) is 6.95. The Morgan fingerprint density at radius 2 is 1.79 bits per heavy atom. The number of methoxy groups -OCH3 is 1. The number of nitrogens with zero attached hydrogens (tertiary/aromatic N) is 2. The summed E-state index contributed by atoms with van der Waals surface area (Å²) in [5.74, 6) is -0.0595. The van der Waals surface area contributed by atoms with Crippen LogP contribution < -0.4 is 15.5 Å².